The fraction of sp³-hybridized carbons (Fsp3) is 0.389. The molecule has 0 aliphatic carbocycles. The van der Waals surface area contributed by atoms with E-state index in [4.69, 9.17) is 0 Å². The number of sulfone groups is 1. The summed E-state index contributed by atoms with van der Waals surface area (Å²) < 4.78 is 26.7. The second kappa shape index (κ2) is 10.6. The van der Waals surface area contributed by atoms with E-state index in [1.807, 2.05) is 38.2 Å². The summed E-state index contributed by atoms with van der Waals surface area (Å²) in [5.74, 6) is 0.691. The van der Waals surface area contributed by atoms with Crippen molar-refractivity contribution in [2.24, 2.45) is 12.0 Å². The predicted octanol–water partition coefficient (Wildman–Crippen LogP) is 2.51. The Morgan fingerprint density at radius 2 is 1.88 bits per heavy atom. The van der Waals surface area contributed by atoms with Crippen LogP contribution in [0.25, 0.3) is 0 Å². The molecule has 0 unspecified atom stereocenters. The first kappa shape index (κ1) is 22.5. The Labute approximate surface area is 173 Å². The van der Waals surface area contributed by atoms with Crippen LogP contribution >= 0.6 is 24.0 Å². The van der Waals surface area contributed by atoms with Gasteiger partial charge in [0.15, 0.2) is 15.8 Å². The normalized spacial score (nSPS) is 11.7. The van der Waals surface area contributed by atoms with E-state index in [0.29, 0.717) is 17.4 Å². The molecule has 6 nitrogen and oxygen atoms in total. The van der Waals surface area contributed by atoms with E-state index in [1.54, 1.807) is 30.3 Å². The van der Waals surface area contributed by atoms with Crippen LogP contribution in [0.15, 0.2) is 58.5 Å². The fourth-order valence-electron chi connectivity index (χ4n) is 2.47. The first-order valence-electron chi connectivity index (χ1n) is 8.31. The maximum Gasteiger partial charge on any atom is 0.194 e. The Morgan fingerprint density at radius 1 is 1.19 bits per heavy atom. The Balaban J connectivity index is 0.00000338. The van der Waals surface area contributed by atoms with Gasteiger partial charge in [-0.25, -0.2) is 8.42 Å². The number of benzene rings is 1. The fourth-order valence-corrected chi connectivity index (χ4v) is 3.60. The maximum atomic E-state index is 12.3. The molecule has 2 aromatic rings. The lowest BCUT2D eigenvalue weighted by Gasteiger charge is -2.22. The molecule has 1 aromatic heterocycles. The van der Waals surface area contributed by atoms with Gasteiger partial charge in [-0.2, -0.15) is 0 Å². The van der Waals surface area contributed by atoms with Crippen LogP contribution in [0.1, 0.15) is 12.6 Å². The van der Waals surface area contributed by atoms with Crippen LogP contribution in [0.5, 0.6) is 0 Å². The van der Waals surface area contributed by atoms with E-state index >= 15 is 0 Å². The number of nitrogens with one attached hydrogen (secondary N) is 1. The number of hydrogen-bond donors (Lipinski definition) is 1. The van der Waals surface area contributed by atoms with E-state index in [0.717, 1.165) is 12.2 Å². The van der Waals surface area contributed by atoms with E-state index in [-0.39, 0.29) is 36.3 Å². The van der Waals surface area contributed by atoms with Gasteiger partial charge >= 0.3 is 0 Å². The van der Waals surface area contributed by atoms with E-state index in [9.17, 15) is 8.42 Å². The van der Waals surface area contributed by atoms with Crippen LogP contribution in [0.2, 0.25) is 0 Å². The summed E-state index contributed by atoms with van der Waals surface area (Å²) in [5.41, 5.74) is 1.16. The Kier molecular flexibility index (Phi) is 9.14. The number of guanidine groups is 1. The van der Waals surface area contributed by atoms with Crippen LogP contribution in [0, 0.1) is 0 Å². The van der Waals surface area contributed by atoms with E-state index < -0.39 is 9.84 Å². The van der Waals surface area contributed by atoms with Gasteiger partial charge in [0.25, 0.3) is 0 Å². The molecule has 1 aromatic carbocycles. The molecule has 0 aliphatic rings. The number of aryl methyl sites for hydroxylation is 1. The summed E-state index contributed by atoms with van der Waals surface area (Å²) in [6.45, 7) is 3.63. The van der Waals surface area contributed by atoms with Crippen molar-refractivity contribution >= 4 is 39.8 Å². The monoisotopic (exact) mass is 490 g/mol. The molecular weight excluding hydrogens is 463 g/mol. The zero-order valence-corrected chi connectivity index (χ0v) is 18.6. The predicted molar refractivity (Wildman–Crippen MR) is 117 cm³/mol. The van der Waals surface area contributed by atoms with Crippen molar-refractivity contribution in [2.45, 2.75) is 18.4 Å². The number of aliphatic imine (C=N–C) groups is 1. The largest absolute Gasteiger partial charge is 0.357 e. The molecular formula is C18H27IN4O2S. The molecule has 0 radical (unpaired) electrons. The summed E-state index contributed by atoms with van der Waals surface area (Å²) in [4.78, 5) is 6.81. The molecule has 0 saturated heterocycles. The third-order valence-corrected chi connectivity index (χ3v) is 5.58. The van der Waals surface area contributed by atoms with Gasteiger partial charge in [0.2, 0.25) is 0 Å². The second-order valence-electron chi connectivity index (χ2n) is 5.83. The number of halogens is 1. The quantitative estimate of drug-likeness (QED) is 0.368. The zero-order chi connectivity index (χ0) is 18.3. The highest BCUT2D eigenvalue weighted by atomic mass is 127. The lowest BCUT2D eigenvalue weighted by Crippen LogP contribution is -2.39. The summed E-state index contributed by atoms with van der Waals surface area (Å²) in [5, 5.41) is 3.21. The van der Waals surface area contributed by atoms with Gasteiger partial charge in [-0.15, -0.1) is 24.0 Å². The van der Waals surface area contributed by atoms with Gasteiger partial charge < -0.3 is 14.8 Å². The molecule has 144 valence electrons. The molecule has 2 rings (SSSR count). The molecule has 0 bridgehead atoms. The second-order valence-corrected chi connectivity index (χ2v) is 7.94. The van der Waals surface area contributed by atoms with Gasteiger partial charge in [0.1, 0.15) is 0 Å². The lowest BCUT2D eigenvalue weighted by atomic mass is 10.4. The summed E-state index contributed by atoms with van der Waals surface area (Å²) in [6, 6.07) is 12.6. The molecule has 8 heteroatoms. The Bertz CT molecular complexity index is 804. The SMILES string of the molecule is CCNC(=NCCS(=O)(=O)c1ccccc1)N(C)Cc1cccn1C.I. The van der Waals surface area contributed by atoms with Gasteiger partial charge in [0.05, 0.1) is 23.7 Å². The van der Waals surface area contributed by atoms with Gasteiger partial charge in [-0.1, -0.05) is 18.2 Å². The Hall–Kier alpha value is -1.55. The van der Waals surface area contributed by atoms with Crippen molar-refractivity contribution in [3.63, 3.8) is 0 Å². The van der Waals surface area contributed by atoms with E-state index in [2.05, 4.69) is 20.9 Å². The average Bonchev–Trinajstić information content (AvgIpc) is 2.99. The third kappa shape index (κ3) is 6.31. The van der Waals surface area contributed by atoms with E-state index in [1.165, 1.54) is 0 Å². The Morgan fingerprint density at radius 3 is 2.46 bits per heavy atom. The minimum absolute atomic E-state index is 0. The molecule has 26 heavy (non-hydrogen) atoms. The van der Waals surface area contributed by atoms with Crippen molar-refractivity contribution in [3.8, 4) is 0 Å². The summed E-state index contributed by atoms with van der Waals surface area (Å²) >= 11 is 0. The van der Waals surface area contributed by atoms with Crippen molar-refractivity contribution < 1.29 is 8.42 Å². The van der Waals surface area contributed by atoms with Gasteiger partial charge in [0, 0.05) is 32.5 Å². The molecule has 0 spiro atoms. The first-order valence-corrected chi connectivity index (χ1v) is 9.96. The van der Waals surface area contributed by atoms with Crippen molar-refractivity contribution in [3.05, 3.63) is 54.4 Å². The molecule has 0 atom stereocenters. The standard InChI is InChI=1S/C18H26N4O2S.HI/c1-4-19-18(22(3)15-16-9-8-13-21(16)2)20-12-14-25(23,24)17-10-6-5-7-11-17;/h5-11,13H,4,12,14-15H2,1-3H3,(H,19,20);1H. The zero-order valence-electron chi connectivity index (χ0n) is 15.4. The summed E-state index contributed by atoms with van der Waals surface area (Å²) in [7, 11) is 0.634. The average molecular weight is 490 g/mol. The minimum atomic E-state index is -3.31. The lowest BCUT2D eigenvalue weighted by molar-refractivity contribution is 0.462. The first-order chi connectivity index (χ1) is 11.9. The number of hydrogen-bond acceptors (Lipinski definition) is 3. The highest BCUT2D eigenvalue weighted by Crippen LogP contribution is 2.10. The highest BCUT2D eigenvalue weighted by molar-refractivity contribution is 14.0. The molecule has 0 saturated carbocycles. The van der Waals surface area contributed by atoms with Crippen LogP contribution in [0.4, 0.5) is 0 Å². The number of rotatable bonds is 7. The molecule has 1 N–H and O–H groups in total. The summed E-state index contributed by atoms with van der Waals surface area (Å²) in [6.07, 6.45) is 2.00. The molecule has 0 fully saturated rings. The van der Waals surface area contributed by atoms with Crippen LogP contribution < -0.4 is 5.32 Å². The smallest absolute Gasteiger partial charge is 0.194 e. The van der Waals surface area contributed by atoms with Crippen LogP contribution in [-0.2, 0) is 23.4 Å². The number of nitrogens with zero attached hydrogens (tertiary/aromatic N) is 3. The topological polar surface area (TPSA) is 66.7 Å². The van der Waals surface area contributed by atoms with Crippen molar-refractivity contribution in [2.75, 3.05) is 25.9 Å². The molecule has 0 amide bonds. The highest BCUT2D eigenvalue weighted by Gasteiger charge is 2.14. The minimum Gasteiger partial charge on any atom is -0.357 e. The van der Waals surface area contributed by atoms with Crippen molar-refractivity contribution in [1.82, 2.24) is 14.8 Å². The maximum absolute atomic E-state index is 12.3. The third-order valence-electron chi connectivity index (χ3n) is 3.87. The van der Waals surface area contributed by atoms with Crippen molar-refractivity contribution in [1.29, 1.82) is 0 Å². The molecule has 0 aliphatic heterocycles. The van der Waals surface area contributed by atoms with Crippen LogP contribution in [0.3, 0.4) is 0 Å². The number of aromatic nitrogens is 1. The van der Waals surface area contributed by atoms with Gasteiger partial charge in [-0.05, 0) is 31.2 Å². The van der Waals surface area contributed by atoms with Gasteiger partial charge in [-0.3, -0.25) is 4.99 Å². The molecule has 1 heterocycles. The van der Waals surface area contributed by atoms with Crippen LogP contribution in [-0.4, -0.2) is 49.7 Å².